The summed E-state index contributed by atoms with van der Waals surface area (Å²) >= 11 is 3.17. The van der Waals surface area contributed by atoms with E-state index < -0.39 is 5.97 Å². The van der Waals surface area contributed by atoms with Crippen molar-refractivity contribution in [2.45, 2.75) is 0 Å². The monoisotopic (exact) mass is 327 g/mol. The third-order valence-corrected chi connectivity index (χ3v) is 3.17. The van der Waals surface area contributed by atoms with Crippen molar-refractivity contribution in [1.82, 2.24) is 5.16 Å². The lowest BCUT2D eigenvalue weighted by molar-refractivity contribution is 0.0652. The van der Waals surface area contributed by atoms with Gasteiger partial charge in [-0.3, -0.25) is 0 Å². The number of aromatic nitrogens is 1. The predicted octanol–water partition coefficient (Wildman–Crippen LogP) is 2.24. The van der Waals surface area contributed by atoms with Crippen LogP contribution in [0.15, 0.2) is 21.1 Å². The molecule has 1 aliphatic heterocycles. The second-order valence-corrected chi connectivity index (χ2v) is 4.55. The van der Waals surface area contributed by atoms with Gasteiger partial charge in [0.25, 0.3) is 0 Å². The maximum absolute atomic E-state index is 10.8. The highest BCUT2D eigenvalue weighted by atomic mass is 79.9. The number of halogens is 1. The summed E-state index contributed by atoms with van der Waals surface area (Å²) in [5.74, 6) is -0.982. The summed E-state index contributed by atoms with van der Waals surface area (Å²) in [4.78, 5) is 10.8. The Bertz CT molecular complexity index is 680. The molecule has 19 heavy (non-hydrogen) atoms. The van der Waals surface area contributed by atoms with E-state index >= 15 is 0 Å². The maximum Gasteiger partial charge on any atom is 0.374 e. The highest BCUT2D eigenvalue weighted by Gasteiger charge is 2.27. The lowest BCUT2D eigenvalue weighted by atomic mass is 10.1. The van der Waals surface area contributed by atoms with E-state index in [0.29, 0.717) is 16.0 Å². The molecule has 2 heterocycles. The van der Waals surface area contributed by atoms with Crippen molar-refractivity contribution in [3.63, 3.8) is 0 Å². The number of carbonyl (C=O) groups is 1. The topological polar surface area (TPSA) is 102 Å². The number of ether oxygens (including phenoxy) is 2. The molecule has 1 aliphatic rings. The molecule has 0 bridgehead atoms. The van der Waals surface area contributed by atoms with E-state index in [2.05, 4.69) is 25.6 Å². The summed E-state index contributed by atoms with van der Waals surface area (Å²) in [5.41, 5.74) is 0.371. The lowest BCUT2D eigenvalue weighted by Gasteiger charge is -2.07. The molecule has 0 amide bonds. The Labute approximate surface area is 114 Å². The fraction of sp³-hybridized carbons (Fsp3) is 0.0909. The Kier molecular flexibility index (Phi) is 2.59. The molecule has 8 heteroatoms. The summed E-state index contributed by atoms with van der Waals surface area (Å²) < 4.78 is 15.5. The summed E-state index contributed by atoms with van der Waals surface area (Å²) in [5, 5.41) is 22.5. The number of carboxylic acid groups (broad SMARTS) is 1. The highest BCUT2D eigenvalue weighted by molar-refractivity contribution is 9.10. The normalized spacial score (nSPS) is 12.7. The predicted molar refractivity (Wildman–Crippen MR) is 64.4 cm³/mol. The molecule has 7 nitrogen and oxygen atoms in total. The van der Waals surface area contributed by atoms with Crippen LogP contribution in [0.1, 0.15) is 10.6 Å². The van der Waals surface area contributed by atoms with E-state index in [1.165, 1.54) is 6.07 Å². The van der Waals surface area contributed by atoms with Crippen LogP contribution in [-0.4, -0.2) is 28.1 Å². The molecule has 1 aromatic heterocycles. The van der Waals surface area contributed by atoms with Gasteiger partial charge in [0.2, 0.25) is 12.6 Å². The average Bonchev–Trinajstić information content (AvgIpc) is 2.99. The van der Waals surface area contributed by atoms with E-state index in [1.807, 2.05) is 0 Å². The largest absolute Gasteiger partial charge is 0.506 e. The molecule has 0 aliphatic carbocycles. The average molecular weight is 328 g/mol. The summed E-state index contributed by atoms with van der Waals surface area (Å²) in [6.07, 6.45) is 0. The SMILES string of the molecule is O=C(O)c1cc(-c2c(O)c(Br)cc3c2OCO3)no1. The number of phenolic OH excluding ortho intramolecular Hbond substituents is 1. The minimum atomic E-state index is -1.25. The zero-order valence-corrected chi connectivity index (χ0v) is 10.8. The molecular formula is C11H6BrNO6. The molecule has 0 unspecified atom stereocenters. The first-order chi connectivity index (χ1) is 9.08. The van der Waals surface area contributed by atoms with Gasteiger partial charge in [-0.05, 0) is 15.9 Å². The van der Waals surface area contributed by atoms with E-state index in [4.69, 9.17) is 14.6 Å². The smallest absolute Gasteiger partial charge is 0.374 e. The van der Waals surface area contributed by atoms with Gasteiger partial charge in [-0.15, -0.1) is 0 Å². The van der Waals surface area contributed by atoms with Crippen LogP contribution >= 0.6 is 15.9 Å². The van der Waals surface area contributed by atoms with Crippen molar-refractivity contribution in [2.24, 2.45) is 0 Å². The van der Waals surface area contributed by atoms with Crippen molar-refractivity contribution in [3.05, 3.63) is 22.4 Å². The van der Waals surface area contributed by atoms with E-state index in [-0.39, 0.29) is 29.6 Å². The Balaban J connectivity index is 2.21. The van der Waals surface area contributed by atoms with E-state index in [0.717, 1.165) is 0 Å². The zero-order chi connectivity index (χ0) is 13.6. The van der Waals surface area contributed by atoms with Crippen LogP contribution in [0.25, 0.3) is 11.3 Å². The Morgan fingerprint density at radius 1 is 1.37 bits per heavy atom. The van der Waals surface area contributed by atoms with Crippen LogP contribution in [-0.2, 0) is 0 Å². The molecule has 0 saturated heterocycles. The van der Waals surface area contributed by atoms with Gasteiger partial charge in [0, 0.05) is 12.1 Å². The van der Waals surface area contributed by atoms with E-state index in [9.17, 15) is 9.90 Å². The van der Waals surface area contributed by atoms with Gasteiger partial charge < -0.3 is 24.2 Å². The Morgan fingerprint density at radius 2 is 2.16 bits per heavy atom. The first kappa shape index (κ1) is 11.8. The van der Waals surface area contributed by atoms with Crippen molar-refractivity contribution in [1.29, 1.82) is 0 Å². The van der Waals surface area contributed by atoms with Gasteiger partial charge in [-0.1, -0.05) is 5.16 Å². The summed E-state index contributed by atoms with van der Waals surface area (Å²) in [6.45, 7) is 0.0157. The minimum absolute atomic E-state index is 0.0157. The van der Waals surface area contributed by atoms with Crippen LogP contribution in [0.5, 0.6) is 17.2 Å². The number of phenols is 1. The third kappa shape index (κ3) is 1.80. The van der Waals surface area contributed by atoms with Crippen molar-refractivity contribution < 1.29 is 29.0 Å². The molecule has 3 rings (SSSR count). The zero-order valence-electron chi connectivity index (χ0n) is 9.21. The number of benzene rings is 1. The first-order valence-electron chi connectivity index (χ1n) is 5.09. The minimum Gasteiger partial charge on any atom is -0.506 e. The van der Waals surface area contributed by atoms with Crippen LogP contribution in [0.3, 0.4) is 0 Å². The summed E-state index contributed by atoms with van der Waals surface area (Å²) in [7, 11) is 0. The fourth-order valence-corrected chi connectivity index (χ4v) is 2.14. The molecular weight excluding hydrogens is 322 g/mol. The Morgan fingerprint density at radius 3 is 2.84 bits per heavy atom. The number of hydrogen-bond acceptors (Lipinski definition) is 6. The molecule has 2 aromatic rings. The fourth-order valence-electron chi connectivity index (χ4n) is 1.73. The van der Waals surface area contributed by atoms with Crippen LogP contribution in [0.2, 0.25) is 0 Å². The van der Waals surface area contributed by atoms with Gasteiger partial charge in [0.1, 0.15) is 11.4 Å². The number of aromatic carboxylic acids is 1. The second-order valence-electron chi connectivity index (χ2n) is 3.70. The quantitative estimate of drug-likeness (QED) is 0.871. The molecule has 0 saturated carbocycles. The number of aromatic hydroxyl groups is 1. The number of nitrogens with zero attached hydrogens (tertiary/aromatic N) is 1. The molecule has 0 atom stereocenters. The second kappa shape index (κ2) is 4.16. The van der Waals surface area contributed by atoms with Gasteiger partial charge in [0.05, 0.1) is 10.0 Å². The number of rotatable bonds is 2. The molecule has 0 radical (unpaired) electrons. The molecule has 1 aromatic carbocycles. The number of hydrogen-bond donors (Lipinski definition) is 2. The van der Waals surface area contributed by atoms with Gasteiger partial charge >= 0.3 is 5.97 Å². The maximum atomic E-state index is 10.8. The van der Waals surface area contributed by atoms with Crippen molar-refractivity contribution >= 4 is 21.9 Å². The number of carboxylic acids is 1. The molecule has 0 fully saturated rings. The number of fused-ring (bicyclic) bond motifs is 1. The summed E-state index contributed by atoms with van der Waals surface area (Å²) in [6, 6.07) is 2.76. The van der Waals surface area contributed by atoms with Gasteiger partial charge in [-0.25, -0.2) is 4.79 Å². The third-order valence-electron chi connectivity index (χ3n) is 2.57. The van der Waals surface area contributed by atoms with Crippen LogP contribution in [0.4, 0.5) is 0 Å². The molecule has 98 valence electrons. The van der Waals surface area contributed by atoms with E-state index in [1.54, 1.807) is 6.07 Å². The first-order valence-corrected chi connectivity index (χ1v) is 5.88. The van der Waals surface area contributed by atoms with Gasteiger partial charge in [-0.2, -0.15) is 0 Å². The lowest BCUT2D eigenvalue weighted by Crippen LogP contribution is -1.94. The Hall–Kier alpha value is -2.22. The molecule has 2 N–H and O–H groups in total. The van der Waals surface area contributed by atoms with Gasteiger partial charge in [0.15, 0.2) is 11.5 Å². The highest BCUT2D eigenvalue weighted by Crippen LogP contribution is 2.49. The van der Waals surface area contributed by atoms with Crippen LogP contribution in [0, 0.1) is 0 Å². The van der Waals surface area contributed by atoms with Crippen molar-refractivity contribution in [2.75, 3.05) is 6.79 Å². The molecule has 0 spiro atoms. The standard InChI is InChI=1S/C11H6BrNO6/c12-4-1-6-10(18-3-17-6)8(9(4)14)5-2-7(11(15)16)19-13-5/h1-2,14H,3H2,(H,15,16). The van der Waals surface area contributed by atoms with Crippen molar-refractivity contribution in [3.8, 4) is 28.5 Å². The van der Waals surface area contributed by atoms with Crippen LogP contribution < -0.4 is 9.47 Å².